The van der Waals surface area contributed by atoms with Crippen molar-refractivity contribution in [2.75, 3.05) is 17.7 Å². The summed E-state index contributed by atoms with van der Waals surface area (Å²) in [4.78, 5) is 16.2. The van der Waals surface area contributed by atoms with Crippen molar-refractivity contribution in [3.63, 3.8) is 0 Å². The summed E-state index contributed by atoms with van der Waals surface area (Å²) in [6.07, 6.45) is 0. The SMILES string of the molecule is CNc1cccc(C(=O)Nc2ccc(C#N)cc2Cl)n1. The standard InChI is InChI=1S/C14H11ClN4O/c1-17-13-4-2-3-12(18-13)14(20)19-11-6-5-9(8-16)7-10(11)15/h2-7H,1H3,(H,17,18)(H,19,20). The quantitative estimate of drug-likeness (QED) is 0.909. The zero-order chi connectivity index (χ0) is 14.5. The normalized spacial score (nSPS) is 9.65. The van der Waals surface area contributed by atoms with Crippen molar-refractivity contribution in [1.82, 2.24) is 4.98 Å². The van der Waals surface area contributed by atoms with Gasteiger partial charge >= 0.3 is 0 Å². The van der Waals surface area contributed by atoms with Crippen molar-refractivity contribution in [2.24, 2.45) is 0 Å². The van der Waals surface area contributed by atoms with Gasteiger partial charge in [-0.2, -0.15) is 5.26 Å². The number of aromatic nitrogens is 1. The van der Waals surface area contributed by atoms with Crippen molar-refractivity contribution >= 4 is 29.0 Å². The Kier molecular flexibility index (Phi) is 4.18. The molecule has 2 N–H and O–H groups in total. The van der Waals surface area contributed by atoms with E-state index in [-0.39, 0.29) is 11.6 Å². The average Bonchev–Trinajstić information content (AvgIpc) is 2.49. The Morgan fingerprint density at radius 2 is 2.15 bits per heavy atom. The number of anilines is 2. The van der Waals surface area contributed by atoms with Crippen LogP contribution in [0.2, 0.25) is 5.02 Å². The summed E-state index contributed by atoms with van der Waals surface area (Å²) in [7, 11) is 1.72. The maximum Gasteiger partial charge on any atom is 0.274 e. The molecule has 1 amide bonds. The highest BCUT2D eigenvalue weighted by Crippen LogP contribution is 2.23. The van der Waals surface area contributed by atoms with Crippen LogP contribution in [0.1, 0.15) is 16.1 Å². The summed E-state index contributed by atoms with van der Waals surface area (Å²) in [5.41, 5.74) is 1.15. The van der Waals surface area contributed by atoms with Crippen molar-refractivity contribution in [3.05, 3.63) is 52.7 Å². The molecule has 5 nitrogen and oxygen atoms in total. The van der Waals surface area contributed by atoms with E-state index in [1.807, 2.05) is 6.07 Å². The first-order valence-electron chi connectivity index (χ1n) is 5.80. The lowest BCUT2D eigenvalue weighted by Gasteiger charge is -2.08. The second-order valence-corrected chi connectivity index (χ2v) is 4.33. The van der Waals surface area contributed by atoms with Gasteiger partial charge in [0.1, 0.15) is 11.5 Å². The third-order valence-electron chi connectivity index (χ3n) is 2.58. The number of pyridine rings is 1. The lowest BCUT2D eigenvalue weighted by atomic mass is 10.2. The third-order valence-corrected chi connectivity index (χ3v) is 2.90. The van der Waals surface area contributed by atoms with Gasteiger partial charge in [0.05, 0.1) is 22.3 Å². The van der Waals surface area contributed by atoms with E-state index in [0.29, 0.717) is 22.1 Å². The molecular formula is C14H11ClN4O. The van der Waals surface area contributed by atoms with Gasteiger partial charge in [0.25, 0.3) is 5.91 Å². The van der Waals surface area contributed by atoms with Gasteiger partial charge in [-0.25, -0.2) is 4.98 Å². The van der Waals surface area contributed by atoms with E-state index in [1.54, 1.807) is 37.4 Å². The van der Waals surface area contributed by atoms with Gasteiger partial charge in [-0.05, 0) is 30.3 Å². The number of nitrogens with one attached hydrogen (secondary N) is 2. The minimum absolute atomic E-state index is 0.275. The third kappa shape index (κ3) is 3.05. The fourth-order valence-electron chi connectivity index (χ4n) is 1.57. The van der Waals surface area contributed by atoms with Crippen molar-refractivity contribution < 1.29 is 4.79 Å². The van der Waals surface area contributed by atoms with Gasteiger partial charge in [-0.15, -0.1) is 0 Å². The van der Waals surface area contributed by atoms with Crippen LogP contribution in [0, 0.1) is 11.3 Å². The number of amides is 1. The zero-order valence-corrected chi connectivity index (χ0v) is 11.4. The fraction of sp³-hybridized carbons (Fsp3) is 0.0714. The van der Waals surface area contributed by atoms with Gasteiger partial charge in [-0.3, -0.25) is 4.79 Å². The van der Waals surface area contributed by atoms with Crippen molar-refractivity contribution in [2.45, 2.75) is 0 Å². The predicted molar refractivity (Wildman–Crippen MR) is 77.9 cm³/mol. The van der Waals surface area contributed by atoms with E-state index in [0.717, 1.165) is 0 Å². The highest BCUT2D eigenvalue weighted by Gasteiger charge is 2.10. The Balaban J connectivity index is 2.21. The molecule has 1 heterocycles. The number of carbonyl (C=O) groups excluding carboxylic acids is 1. The molecule has 0 spiro atoms. The molecule has 0 bridgehead atoms. The monoisotopic (exact) mass is 286 g/mol. The second kappa shape index (κ2) is 6.04. The molecule has 0 fully saturated rings. The minimum Gasteiger partial charge on any atom is -0.373 e. The van der Waals surface area contributed by atoms with E-state index in [2.05, 4.69) is 15.6 Å². The summed E-state index contributed by atoms with van der Waals surface area (Å²) in [5, 5.41) is 14.6. The summed E-state index contributed by atoms with van der Waals surface area (Å²) >= 11 is 6.00. The maximum absolute atomic E-state index is 12.1. The topological polar surface area (TPSA) is 77.8 Å². The molecule has 0 radical (unpaired) electrons. The van der Waals surface area contributed by atoms with Gasteiger partial charge in [0.15, 0.2) is 0 Å². The molecule has 2 aromatic rings. The van der Waals surface area contributed by atoms with Gasteiger partial charge < -0.3 is 10.6 Å². The first-order chi connectivity index (χ1) is 9.63. The second-order valence-electron chi connectivity index (χ2n) is 3.92. The molecule has 6 heteroatoms. The highest BCUT2D eigenvalue weighted by molar-refractivity contribution is 6.34. The van der Waals surface area contributed by atoms with E-state index in [9.17, 15) is 4.79 Å². The Labute approximate surface area is 121 Å². The number of rotatable bonds is 3. The molecule has 0 aliphatic rings. The number of hydrogen-bond acceptors (Lipinski definition) is 4. The molecule has 1 aromatic heterocycles. The van der Waals surface area contributed by atoms with Crippen LogP contribution >= 0.6 is 11.6 Å². The lowest BCUT2D eigenvalue weighted by Crippen LogP contribution is -2.14. The van der Waals surface area contributed by atoms with E-state index >= 15 is 0 Å². The van der Waals surface area contributed by atoms with Gasteiger partial charge in [0.2, 0.25) is 0 Å². The summed E-state index contributed by atoms with van der Waals surface area (Å²) in [5.74, 6) is 0.234. The van der Waals surface area contributed by atoms with E-state index in [4.69, 9.17) is 16.9 Å². The van der Waals surface area contributed by atoms with Crippen LogP contribution in [0.3, 0.4) is 0 Å². The molecule has 2 rings (SSSR count). The molecule has 0 unspecified atom stereocenters. The van der Waals surface area contributed by atoms with E-state index in [1.165, 1.54) is 6.07 Å². The van der Waals surface area contributed by atoms with Crippen molar-refractivity contribution in [3.8, 4) is 6.07 Å². The largest absolute Gasteiger partial charge is 0.373 e. The fourth-order valence-corrected chi connectivity index (χ4v) is 1.80. The Bertz CT molecular complexity index is 694. The van der Waals surface area contributed by atoms with Crippen LogP contribution in [0.25, 0.3) is 0 Å². The van der Waals surface area contributed by atoms with Crippen LogP contribution in [0.15, 0.2) is 36.4 Å². The number of nitrogens with zero attached hydrogens (tertiary/aromatic N) is 2. The summed E-state index contributed by atoms with van der Waals surface area (Å²) in [6.45, 7) is 0. The van der Waals surface area contributed by atoms with Crippen LogP contribution < -0.4 is 10.6 Å². The number of carbonyl (C=O) groups is 1. The Morgan fingerprint density at radius 1 is 1.35 bits per heavy atom. The maximum atomic E-state index is 12.1. The average molecular weight is 287 g/mol. The number of hydrogen-bond donors (Lipinski definition) is 2. The van der Waals surface area contributed by atoms with E-state index < -0.39 is 0 Å². The Hall–Kier alpha value is -2.58. The number of benzene rings is 1. The Morgan fingerprint density at radius 3 is 2.80 bits per heavy atom. The molecule has 0 aliphatic carbocycles. The van der Waals surface area contributed by atoms with Crippen LogP contribution in [0.5, 0.6) is 0 Å². The number of halogens is 1. The first kappa shape index (κ1) is 13.8. The van der Waals surface area contributed by atoms with Gasteiger partial charge in [0, 0.05) is 7.05 Å². The molecule has 20 heavy (non-hydrogen) atoms. The molecule has 0 saturated carbocycles. The smallest absolute Gasteiger partial charge is 0.274 e. The predicted octanol–water partition coefficient (Wildman–Crippen LogP) is 2.90. The molecule has 0 aliphatic heterocycles. The van der Waals surface area contributed by atoms with Crippen LogP contribution in [0.4, 0.5) is 11.5 Å². The molecular weight excluding hydrogens is 276 g/mol. The molecule has 1 aromatic carbocycles. The molecule has 0 saturated heterocycles. The van der Waals surface area contributed by atoms with Gasteiger partial charge in [-0.1, -0.05) is 17.7 Å². The zero-order valence-electron chi connectivity index (χ0n) is 10.6. The molecule has 0 atom stereocenters. The minimum atomic E-state index is -0.367. The van der Waals surface area contributed by atoms with Crippen molar-refractivity contribution in [1.29, 1.82) is 5.26 Å². The summed E-state index contributed by atoms with van der Waals surface area (Å²) < 4.78 is 0. The lowest BCUT2D eigenvalue weighted by molar-refractivity contribution is 0.102. The summed E-state index contributed by atoms with van der Waals surface area (Å²) in [6, 6.07) is 11.7. The molecule has 100 valence electrons. The first-order valence-corrected chi connectivity index (χ1v) is 6.17. The van der Waals surface area contributed by atoms with Crippen LogP contribution in [-0.4, -0.2) is 17.9 Å². The highest BCUT2D eigenvalue weighted by atomic mass is 35.5. The number of nitriles is 1. The van der Waals surface area contributed by atoms with Crippen LogP contribution in [-0.2, 0) is 0 Å².